The number of urea groups is 1. The third-order valence-corrected chi connectivity index (χ3v) is 4.58. The van der Waals surface area contributed by atoms with Gasteiger partial charge in [-0.2, -0.15) is 0 Å². The Balaban J connectivity index is 1.78. The fraction of sp³-hybridized carbons (Fsp3) is 0.625. The molecule has 2 fully saturated rings. The minimum Gasteiger partial charge on any atom is -0.468 e. The summed E-state index contributed by atoms with van der Waals surface area (Å²) in [4.78, 5) is 29.9. The monoisotopic (exact) mass is 320 g/mol. The van der Waals surface area contributed by atoms with Crippen molar-refractivity contribution in [2.75, 3.05) is 46.8 Å². The summed E-state index contributed by atoms with van der Waals surface area (Å²) < 4.78 is 5.45. The van der Waals surface area contributed by atoms with Crippen LogP contribution in [0.15, 0.2) is 22.8 Å². The maximum absolute atomic E-state index is 12.4. The largest absolute Gasteiger partial charge is 0.468 e. The molecule has 3 amide bonds. The second-order valence-electron chi connectivity index (χ2n) is 6.84. The minimum atomic E-state index is -0.216. The normalized spacial score (nSPS) is 25.5. The summed E-state index contributed by atoms with van der Waals surface area (Å²) in [6.07, 6.45) is 2.14. The molecule has 0 radical (unpaired) electrons. The number of nitrogens with zero attached hydrogens (tertiary/aromatic N) is 3. The van der Waals surface area contributed by atoms with Gasteiger partial charge in [0.25, 0.3) is 0 Å². The highest BCUT2D eigenvalue weighted by atomic mass is 16.3. The molecule has 7 nitrogen and oxygen atoms in total. The lowest BCUT2D eigenvalue weighted by molar-refractivity contribution is -0.119. The van der Waals surface area contributed by atoms with Crippen molar-refractivity contribution in [3.63, 3.8) is 0 Å². The van der Waals surface area contributed by atoms with Crippen molar-refractivity contribution in [1.82, 2.24) is 20.0 Å². The molecule has 2 saturated heterocycles. The lowest BCUT2D eigenvalue weighted by atomic mass is 9.86. The first-order chi connectivity index (χ1) is 11.0. The van der Waals surface area contributed by atoms with Crippen LogP contribution >= 0.6 is 0 Å². The quantitative estimate of drug-likeness (QED) is 0.866. The van der Waals surface area contributed by atoms with Gasteiger partial charge < -0.3 is 19.5 Å². The van der Waals surface area contributed by atoms with Gasteiger partial charge in [0, 0.05) is 58.7 Å². The van der Waals surface area contributed by atoms with Crippen molar-refractivity contribution in [1.29, 1.82) is 0 Å². The van der Waals surface area contributed by atoms with Crippen LogP contribution in [0.5, 0.6) is 0 Å². The van der Waals surface area contributed by atoms with Crippen molar-refractivity contribution in [2.24, 2.45) is 5.41 Å². The highest BCUT2D eigenvalue weighted by Crippen LogP contribution is 2.31. The molecule has 0 aromatic carbocycles. The molecule has 0 aliphatic carbocycles. The molecule has 1 aromatic rings. The van der Waals surface area contributed by atoms with Crippen LogP contribution in [0.25, 0.3) is 0 Å². The van der Waals surface area contributed by atoms with Gasteiger partial charge >= 0.3 is 6.03 Å². The molecule has 7 heteroatoms. The van der Waals surface area contributed by atoms with E-state index in [4.69, 9.17) is 4.42 Å². The Kier molecular flexibility index (Phi) is 4.30. The Morgan fingerprint density at radius 3 is 2.83 bits per heavy atom. The predicted octanol–water partition coefficient (Wildman–Crippen LogP) is 0.585. The van der Waals surface area contributed by atoms with Gasteiger partial charge in [-0.3, -0.25) is 9.69 Å². The van der Waals surface area contributed by atoms with Crippen LogP contribution < -0.4 is 5.32 Å². The van der Waals surface area contributed by atoms with Crippen molar-refractivity contribution < 1.29 is 14.0 Å². The van der Waals surface area contributed by atoms with Gasteiger partial charge in [-0.1, -0.05) is 0 Å². The SMILES string of the molecule is CN(C)C(=O)N1CCN(Cc2ccco2)CC2(CNC(=O)C2)C1. The van der Waals surface area contributed by atoms with Crippen molar-refractivity contribution in [3.05, 3.63) is 24.2 Å². The molecule has 23 heavy (non-hydrogen) atoms. The number of carbonyl (C=O) groups excluding carboxylic acids is 2. The van der Waals surface area contributed by atoms with E-state index in [0.29, 0.717) is 32.6 Å². The number of hydrogen-bond acceptors (Lipinski definition) is 4. The average molecular weight is 320 g/mol. The number of carbonyl (C=O) groups is 2. The highest BCUT2D eigenvalue weighted by molar-refractivity contribution is 5.80. The van der Waals surface area contributed by atoms with Crippen LogP contribution in [0.2, 0.25) is 0 Å². The van der Waals surface area contributed by atoms with Crippen LogP contribution in [-0.2, 0) is 11.3 Å². The summed E-state index contributed by atoms with van der Waals surface area (Å²) in [5, 5.41) is 2.94. The molecule has 126 valence electrons. The maximum atomic E-state index is 12.4. The lowest BCUT2D eigenvalue weighted by Gasteiger charge is -2.33. The molecule has 1 atom stereocenters. The smallest absolute Gasteiger partial charge is 0.319 e. The zero-order valence-corrected chi connectivity index (χ0v) is 13.7. The van der Waals surface area contributed by atoms with Crippen LogP contribution in [-0.4, -0.2) is 73.5 Å². The molecular formula is C16H24N4O3. The third kappa shape index (κ3) is 3.50. The Bertz CT molecular complexity index is 572. The van der Waals surface area contributed by atoms with Crippen LogP contribution in [0, 0.1) is 5.41 Å². The number of amides is 3. The maximum Gasteiger partial charge on any atom is 0.319 e. The summed E-state index contributed by atoms with van der Waals surface area (Å²) in [7, 11) is 3.52. The molecule has 2 aliphatic heterocycles. The Morgan fingerprint density at radius 1 is 1.39 bits per heavy atom. The minimum absolute atomic E-state index is 0.00331. The van der Waals surface area contributed by atoms with E-state index < -0.39 is 0 Å². The summed E-state index contributed by atoms with van der Waals surface area (Å²) in [5.41, 5.74) is -0.216. The molecular weight excluding hydrogens is 296 g/mol. The second kappa shape index (κ2) is 6.23. The van der Waals surface area contributed by atoms with Gasteiger partial charge in [0.05, 0.1) is 12.8 Å². The molecule has 1 N–H and O–H groups in total. The van der Waals surface area contributed by atoms with Crippen LogP contribution in [0.4, 0.5) is 4.79 Å². The number of hydrogen-bond donors (Lipinski definition) is 1. The van der Waals surface area contributed by atoms with Crippen molar-refractivity contribution in [3.8, 4) is 0 Å². The van der Waals surface area contributed by atoms with E-state index in [9.17, 15) is 9.59 Å². The van der Waals surface area contributed by atoms with E-state index in [2.05, 4.69) is 10.2 Å². The van der Waals surface area contributed by atoms with E-state index in [1.165, 1.54) is 0 Å². The predicted molar refractivity (Wildman–Crippen MR) is 84.7 cm³/mol. The summed E-state index contributed by atoms with van der Waals surface area (Å²) in [5.74, 6) is 0.979. The molecule has 0 saturated carbocycles. The zero-order valence-electron chi connectivity index (χ0n) is 13.7. The topological polar surface area (TPSA) is 69.0 Å². The van der Waals surface area contributed by atoms with Gasteiger partial charge in [0.2, 0.25) is 5.91 Å². The van der Waals surface area contributed by atoms with Crippen LogP contribution in [0.1, 0.15) is 12.2 Å². The van der Waals surface area contributed by atoms with Crippen molar-refractivity contribution in [2.45, 2.75) is 13.0 Å². The van der Waals surface area contributed by atoms with E-state index >= 15 is 0 Å². The van der Waals surface area contributed by atoms with Gasteiger partial charge in [0.1, 0.15) is 5.76 Å². The highest BCUT2D eigenvalue weighted by Gasteiger charge is 2.44. The van der Waals surface area contributed by atoms with Gasteiger partial charge in [-0.05, 0) is 12.1 Å². The lowest BCUT2D eigenvalue weighted by Crippen LogP contribution is -2.47. The van der Waals surface area contributed by atoms with Gasteiger partial charge in [0.15, 0.2) is 0 Å². The Hall–Kier alpha value is -2.02. The second-order valence-corrected chi connectivity index (χ2v) is 6.84. The molecule has 1 aromatic heterocycles. The van der Waals surface area contributed by atoms with E-state index in [0.717, 1.165) is 18.8 Å². The molecule has 2 aliphatic rings. The number of rotatable bonds is 2. The molecule has 3 heterocycles. The summed E-state index contributed by atoms with van der Waals surface area (Å²) in [6.45, 7) is 4.15. The van der Waals surface area contributed by atoms with E-state index in [-0.39, 0.29) is 17.4 Å². The number of furan rings is 1. The van der Waals surface area contributed by atoms with Gasteiger partial charge in [-0.15, -0.1) is 0 Å². The molecule has 3 rings (SSSR count). The third-order valence-electron chi connectivity index (χ3n) is 4.58. The standard InChI is InChI=1S/C16H24N4O3/c1-18(2)15(22)20-6-5-19(9-13-4-3-7-23-13)11-16(12-20)8-14(21)17-10-16/h3-4,7H,5-6,8-12H2,1-2H3,(H,17,21). The number of nitrogens with one attached hydrogen (secondary N) is 1. The van der Waals surface area contributed by atoms with Crippen LogP contribution in [0.3, 0.4) is 0 Å². The van der Waals surface area contributed by atoms with E-state index in [1.54, 1.807) is 25.3 Å². The average Bonchev–Trinajstić information content (AvgIpc) is 3.08. The first-order valence-corrected chi connectivity index (χ1v) is 7.95. The fourth-order valence-electron chi connectivity index (χ4n) is 3.53. The summed E-state index contributed by atoms with van der Waals surface area (Å²) >= 11 is 0. The first kappa shape index (κ1) is 15.9. The molecule has 0 bridgehead atoms. The fourth-order valence-corrected chi connectivity index (χ4v) is 3.53. The molecule has 1 unspecified atom stereocenters. The molecule has 1 spiro atoms. The summed E-state index contributed by atoms with van der Waals surface area (Å²) in [6, 6.07) is 3.84. The first-order valence-electron chi connectivity index (χ1n) is 7.95. The van der Waals surface area contributed by atoms with Crippen molar-refractivity contribution >= 4 is 11.9 Å². The Morgan fingerprint density at radius 2 is 2.22 bits per heavy atom. The van der Waals surface area contributed by atoms with Gasteiger partial charge in [-0.25, -0.2) is 4.79 Å². The Labute approximate surface area is 136 Å². The van der Waals surface area contributed by atoms with E-state index in [1.807, 2.05) is 17.0 Å². The zero-order chi connectivity index (χ0) is 16.4.